The minimum atomic E-state index is -0.519. The third-order valence-electron chi connectivity index (χ3n) is 5.21. The molecule has 2 atom stereocenters. The fourth-order valence-corrected chi connectivity index (χ4v) is 3.40. The molecule has 3 rings (SSSR count). The van der Waals surface area contributed by atoms with Crippen molar-refractivity contribution in [3.63, 3.8) is 0 Å². The smallest absolute Gasteiger partial charge is 0.314 e. The number of carbonyl (C=O) groups is 1. The summed E-state index contributed by atoms with van der Waals surface area (Å²) in [7, 11) is 0. The number of ether oxygens (including phenoxy) is 1. The summed E-state index contributed by atoms with van der Waals surface area (Å²) < 4.78 is 5.66. The Bertz CT molecular complexity index is 525. The van der Waals surface area contributed by atoms with Gasteiger partial charge >= 0.3 is 6.03 Å². The molecule has 1 heterocycles. The van der Waals surface area contributed by atoms with E-state index in [1.807, 2.05) is 30.3 Å². The van der Waals surface area contributed by atoms with Crippen LogP contribution in [0.25, 0.3) is 0 Å². The zero-order valence-electron chi connectivity index (χ0n) is 14.2. The summed E-state index contributed by atoms with van der Waals surface area (Å²) in [5, 5.41) is 16.4. The van der Waals surface area contributed by atoms with E-state index in [2.05, 4.69) is 10.6 Å². The lowest BCUT2D eigenvalue weighted by Gasteiger charge is -2.24. The Morgan fingerprint density at radius 2 is 2.04 bits per heavy atom. The predicted octanol–water partition coefficient (Wildman–Crippen LogP) is 2.76. The molecule has 2 aliphatic rings. The molecule has 1 aromatic carbocycles. The number of urea groups is 1. The van der Waals surface area contributed by atoms with Gasteiger partial charge in [-0.3, -0.25) is 0 Å². The summed E-state index contributed by atoms with van der Waals surface area (Å²) >= 11 is 0. The zero-order valence-corrected chi connectivity index (χ0v) is 14.2. The number of nitrogens with one attached hydrogen (secondary N) is 2. The summed E-state index contributed by atoms with van der Waals surface area (Å²) in [6.07, 6.45) is 5.98. The number of amides is 2. The van der Waals surface area contributed by atoms with Gasteiger partial charge in [-0.15, -0.1) is 0 Å². The van der Waals surface area contributed by atoms with Crippen molar-refractivity contribution in [3.8, 4) is 0 Å². The van der Waals surface area contributed by atoms with Crippen LogP contribution in [0.5, 0.6) is 0 Å². The van der Waals surface area contributed by atoms with Crippen molar-refractivity contribution in [1.82, 2.24) is 10.6 Å². The van der Waals surface area contributed by atoms with Crippen molar-refractivity contribution in [1.29, 1.82) is 0 Å². The molecule has 5 nitrogen and oxygen atoms in total. The van der Waals surface area contributed by atoms with Crippen molar-refractivity contribution in [2.24, 2.45) is 5.41 Å². The average Bonchev–Trinajstić information content (AvgIpc) is 3.42. The molecule has 2 unspecified atom stereocenters. The van der Waals surface area contributed by atoms with Crippen molar-refractivity contribution in [3.05, 3.63) is 35.9 Å². The van der Waals surface area contributed by atoms with E-state index in [1.54, 1.807) is 0 Å². The van der Waals surface area contributed by atoms with E-state index in [4.69, 9.17) is 4.74 Å². The van der Waals surface area contributed by atoms with Gasteiger partial charge in [0.2, 0.25) is 0 Å². The van der Waals surface area contributed by atoms with Gasteiger partial charge in [0.1, 0.15) is 0 Å². The Labute approximate surface area is 143 Å². The molecule has 0 radical (unpaired) electrons. The number of hydrogen-bond donors (Lipinski definition) is 3. The first-order chi connectivity index (χ1) is 11.7. The molecule has 1 aliphatic heterocycles. The Morgan fingerprint density at radius 3 is 2.71 bits per heavy atom. The van der Waals surface area contributed by atoms with Gasteiger partial charge in [0.05, 0.1) is 12.2 Å². The number of rotatable bonds is 7. The van der Waals surface area contributed by atoms with Crippen molar-refractivity contribution in [2.75, 3.05) is 19.7 Å². The van der Waals surface area contributed by atoms with Gasteiger partial charge in [-0.2, -0.15) is 0 Å². The summed E-state index contributed by atoms with van der Waals surface area (Å²) in [5.74, 6) is 0. The highest BCUT2D eigenvalue weighted by atomic mass is 16.5. The van der Waals surface area contributed by atoms with Crippen LogP contribution in [-0.4, -0.2) is 36.9 Å². The second kappa shape index (κ2) is 7.99. The van der Waals surface area contributed by atoms with E-state index >= 15 is 0 Å². The molecule has 132 valence electrons. The van der Waals surface area contributed by atoms with Crippen LogP contribution >= 0.6 is 0 Å². The van der Waals surface area contributed by atoms with Crippen LogP contribution in [0.15, 0.2) is 30.3 Å². The molecule has 0 bridgehead atoms. The molecular weight excluding hydrogens is 304 g/mol. The van der Waals surface area contributed by atoms with Crippen LogP contribution in [-0.2, 0) is 4.74 Å². The van der Waals surface area contributed by atoms with Gasteiger partial charge in [0.15, 0.2) is 0 Å². The van der Waals surface area contributed by atoms with Crippen LogP contribution in [0.3, 0.4) is 0 Å². The molecule has 0 aromatic heterocycles. The van der Waals surface area contributed by atoms with E-state index < -0.39 is 6.10 Å². The van der Waals surface area contributed by atoms with Gasteiger partial charge in [-0.05, 0) is 44.1 Å². The quantitative estimate of drug-likeness (QED) is 0.719. The van der Waals surface area contributed by atoms with Crippen molar-refractivity contribution in [2.45, 2.75) is 50.7 Å². The normalized spacial score (nSPS) is 23.3. The molecule has 2 fully saturated rings. The first-order valence-electron chi connectivity index (χ1n) is 9.06. The fraction of sp³-hybridized carbons (Fsp3) is 0.632. The highest BCUT2D eigenvalue weighted by Crippen LogP contribution is 2.54. The van der Waals surface area contributed by atoms with Crippen LogP contribution in [0.2, 0.25) is 0 Å². The van der Waals surface area contributed by atoms with Crippen LogP contribution in [0.4, 0.5) is 4.79 Å². The molecule has 24 heavy (non-hydrogen) atoms. The van der Waals surface area contributed by atoms with E-state index in [1.165, 1.54) is 6.42 Å². The second-order valence-corrected chi connectivity index (χ2v) is 7.06. The van der Waals surface area contributed by atoms with Crippen molar-refractivity contribution >= 4 is 6.03 Å². The highest BCUT2D eigenvalue weighted by Gasteiger charge is 2.49. The molecule has 3 N–H and O–H groups in total. The number of benzene rings is 1. The summed E-state index contributed by atoms with van der Waals surface area (Å²) in [6.45, 7) is 1.98. The van der Waals surface area contributed by atoms with Gasteiger partial charge in [0, 0.05) is 25.1 Å². The first-order valence-corrected chi connectivity index (χ1v) is 9.06. The molecule has 1 aromatic rings. The summed E-state index contributed by atoms with van der Waals surface area (Å²) in [6, 6.07) is 9.53. The van der Waals surface area contributed by atoms with Gasteiger partial charge in [-0.1, -0.05) is 30.3 Å². The second-order valence-electron chi connectivity index (χ2n) is 7.06. The predicted molar refractivity (Wildman–Crippen MR) is 92.7 cm³/mol. The monoisotopic (exact) mass is 332 g/mol. The lowest BCUT2D eigenvalue weighted by molar-refractivity contribution is 0.0120. The minimum absolute atomic E-state index is 0.155. The van der Waals surface area contributed by atoms with Gasteiger partial charge < -0.3 is 20.5 Å². The number of aliphatic hydroxyl groups is 1. The van der Waals surface area contributed by atoms with E-state index in [9.17, 15) is 9.90 Å². The average molecular weight is 332 g/mol. The van der Waals surface area contributed by atoms with Gasteiger partial charge in [-0.25, -0.2) is 4.79 Å². The lowest BCUT2D eigenvalue weighted by atomic mass is 9.93. The minimum Gasteiger partial charge on any atom is -0.388 e. The SMILES string of the molecule is O=C(NCCC1CCCCO1)NCC1(C(O)c2ccccc2)CC1. The lowest BCUT2D eigenvalue weighted by Crippen LogP contribution is -2.41. The third-order valence-corrected chi connectivity index (χ3v) is 5.21. The van der Waals surface area contributed by atoms with Crippen LogP contribution in [0, 0.1) is 5.41 Å². The van der Waals surface area contributed by atoms with E-state index in [0.717, 1.165) is 44.3 Å². The first kappa shape index (κ1) is 17.2. The van der Waals surface area contributed by atoms with Gasteiger partial charge in [0.25, 0.3) is 0 Å². The Morgan fingerprint density at radius 1 is 1.25 bits per heavy atom. The maximum absolute atomic E-state index is 12.0. The molecule has 1 aliphatic carbocycles. The molecule has 1 saturated carbocycles. The molecule has 2 amide bonds. The topological polar surface area (TPSA) is 70.6 Å². The molecule has 5 heteroatoms. The Hall–Kier alpha value is -1.59. The number of hydrogen-bond acceptors (Lipinski definition) is 3. The Kier molecular flexibility index (Phi) is 5.74. The maximum atomic E-state index is 12.0. The molecule has 0 spiro atoms. The largest absolute Gasteiger partial charge is 0.388 e. The standard InChI is InChI=1S/C19H28N2O3/c22-17(15-6-2-1-3-7-15)19(10-11-19)14-21-18(23)20-12-9-16-8-4-5-13-24-16/h1-3,6-7,16-17,22H,4-5,8-14H2,(H2,20,21,23). The number of aliphatic hydroxyl groups excluding tert-OH is 1. The molecule has 1 saturated heterocycles. The Balaban J connectivity index is 1.38. The number of carbonyl (C=O) groups excluding carboxylic acids is 1. The van der Waals surface area contributed by atoms with Crippen LogP contribution in [0.1, 0.15) is 50.2 Å². The van der Waals surface area contributed by atoms with E-state index in [-0.39, 0.29) is 17.6 Å². The summed E-state index contributed by atoms with van der Waals surface area (Å²) in [5.41, 5.74) is 0.720. The summed E-state index contributed by atoms with van der Waals surface area (Å²) in [4.78, 5) is 12.0. The third kappa shape index (κ3) is 4.48. The van der Waals surface area contributed by atoms with E-state index in [0.29, 0.717) is 13.1 Å². The fourth-order valence-electron chi connectivity index (χ4n) is 3.40. The van der Waals surface area contributed by atoms with Crippen molar-refractivity contribution < 1.29 is 14.6 Å². The maximum Gasteiger partial charge on any atom is 0.314 e. The van der Waals surface area contributed by atoms with Crippen LogP contribution < -0.4 is 10.6 Å². The molecular formula is C19H28N2O3. The zero-order chi connectivity index (χ0) is 16.8. The highest BCUT2D eigenvalue weighted by molar-refractivity contribution is 5.73.